The molecule has 2 N–H and O–H groups in total. The summed E-state index contributed by atoms with van der Waals surface area (Å²) in [7, 11) is 0. The third kappa shape index (κ3) is 2.31. The fraction of sp³-hybridized carbons (Fsp3) is 0.273. The molecule has 3 aromatic heterocycles. The van der Waals surface area contributed by atoms with Gasteiger partial charge in [-0.05, 0) is 22.6 Å². The van der Waals surface area contributed by atoms with Crippen LogP contribution in [0.15, 0.2) is 18.3 Å². The summed E-state index contributed by atoms with van der Waals surface area (Å²) in [5.41, 5.74) is 0.161. The average Bonchev–Trinajstić information content (AvgIpc) is 2.98. The van der Waals surface area contributed by atoms with Gasteiger partial charge >= 0.3 is 5.69 Å². The first-order valence-corrected chi connectivity index (χ1v) is 6.22. The van der Waals surface area contributed by atoms with Crippen LogP contribution < -0.4 is 5.32 Å². The predicted octanol–water partition coefficient (Wildman–Crippen LogP) is 0.969. The molecule has 21 heavy (non-hydrogen) atoms. The smallest absolute Gasteiger partial charge is 0.339 e. The molecule has 0 aromatic carbocycles. The number of tetrazole rings is 1. The molecule has 0 aliphatic heterocycles. The van der Waals surface area contributed by atoms with Gasteiger partial charge in [0.05, 0.1) is 4.92 Å². The van der Waals surface area contributed by atoms with Crippen LogP contribution in [0.25, 0.3) is 16.7 Å². The maximum atomic E-state index is 11.2. The summed E-state index contributed by atoms with van der Waals surface area (Å²) in [5, 5.41) is 33.9. The summed E-state index contributed by atoms with van der Waals surface area (Å²) in [6.07, 6.45) is 1.53. The fourth-order valence-electron chi connectivity index (χ4n) is 1.91. The van der Waals surface area contributed by atoms with Crippen LogP contribution in [0.1, 0.15) is 13.8 Å². The van der Waals surface area contributed by atoms with Gasteiger partial charge in [-0.3, -0.25) is 10.1 Å². The van der Waals surface area contributed by atoms with Gasteiger partial charge in [0.2, 0.25) is 0 Å². The largest absolute Gasteiger partial charge is 0.377 e. The zero-order valence-electron chi connectivity index (χ0n) is 11.4. The molecule has 0 spiro atoms. The standard InChI is InChI=1S/C9H7N7O3.C2H6/c17-4-11-6-5-2-1-3-10-8(5)15-9(12-13-14-15)7(6)16(18)19;1-2/h1-3,11,17H,4H2;1-2H3. The first-order chi connectivity index (χ1) is 10.2. The van der Waals surface area contributed by atoms with Crippen molar-refractivity contribution in [1.29, 1.82) is 0 Å². The van der Waals surface area contributed by atoms with Crippen molar-refractivity contribution in [3.05, 3.63) is 28.4 Å². The summed E-state index contributed by atoms with van der Waals surface area (Å²) >= 11 is 0. The Hall–Kier alpha value is -2.88. The van der Waals surface area contributed by atoms with Crippen LogP contribution in [-0.4, -0.2) is 41.8 Å². The van der Waals surface area contributed by atoms with Crippen molar-refractivity contribution in [2.24, 2.45) is 0 Å². The lowest BCUT2D eigenvalue weighted by Crippen LogP contribution is -2.07. The third-order valence-corrected chi connectivity index (χ3v) is 2.61. The van der Waals surface area contributed by atoms with E-state index in [1.807, 2.05) is 13.8 Å². The number of aliphatic hydroxyl groups is 1. The number of nitrogens with one attached hydrogen (secondary N) is 1. The van der Waals surface area contributed by atoms with Crippen molar-refractivity contribution in [2.45, 2.75) is 13.8 Å². The Morgan fingerprint density at radius 2 is 2.19 bits per heavy atom. The summed E-state index contributed by atoms with van der Waals surface area (Å²) in [5.74, 6) is 0. The van der Waals surface area contributed by atoms with Crippen molar-refractivity contribution in [3.8, 4) is 0 Å². The molecule has 0 atom stereocenters. The van der Waals surface area contributed by atoms with Crippen molar-refractivity contribution in [1.82, 2.24) is 25.0 Å². The highest BCUT2D eigenvalue weighted by Gasteiger charge is 2.26. The summed E-state index contributed by atoms with van der Waals surface area (Å²) in [6, 6.07) is 3.26. The zero-order chi connectivity index (χ0) is 15.4. The minimum Gasteiger partial charge on any atom is -0.377 e. The van der Waals surface area contributed by atoms with Gasteiger partial charge in [-0.2, -0.15) is 4.52 Å². The number of fused-ring (bicyclic) bond motifs is 3. The van der Waals surface area contributed by atoms with Crippen molar-refractivity contribution in [3.63, 3.8) is 0 Å². The van der Waals surface area contributed by atoms with E-state index >= 15 is 0 Å². The molecular formula is C11H13N7O3. The highest BCUT2D eigenvalue weighted by molar-refractivity contribution is 5.98. The molecule has 0 aliphatic rings. The molecule has 0 saturated heterocycles. The Kier molecular flexibility index (Phi) is 4.18. The lowest BCUT2D eigenvalue weighted by Gasteiger charge is -2.08. The molecule has 3 aromatic rings. The highest BCUT2D eigenvalue weighted by atomic mass is 16.6. The number of hydrogen-bond acceptors (Lipinski definition) is 8. The van der Waals surface area contributed by atoms with Gasteiger partial charge in [-0.25, -0.2) is 4.98 Å². The Bertz CT molecular complexity index is 786. The topological polar surface area (TPSA) is 131 Å². The first-order valence-electron chi connectivity index (χ1n) is 6.22. The van der Waals surface area contributed by atoms with Gasteiger partial charge < -0.3 is 10.4 Å². The van der Waals surface area contributed by atoms with Crippen LogP contribution in [0.5, 0.6) is 0 Å². The molecular weight excluding hydrogens is 278 g/mol. The van der Waals surface area contributed by atoms with Crippen molar-refractivity contribution < 1.29 is 10.0 Å². The monoisotopic (exact) mass is 291 g/mol. The van der Waals surface area contributed by atoms with Crippen LogP contribution in [0, 0.1) is 10.1 Å². The molecule has 0 saturated carbocycles. The number of nitro groups is 1. The van der Waals surface area contributed by atoms with E-state index in [1.165, 1.54) is 10.7 Å². The Balaban J connectivity index is 0.000000774. The minimum absolute atomic E-state index is 0.0350. The van der Waals surface area contributed by atoms with Crippen LogP contribution >= 0.6 is 0 Å². The van der Waals surface area contributed by atoms with Gasteiger partial charge in [0.25, 0.3) is 5.65 Å². The second kappa shape index (κ2) is 6.05. The molecule has 0 fully saturated rings. The second-order valence-electron chi connectivity index (χ2n) is 3.60. The predicted molar refractivity (Wildman–Crippen MR) is 74.8 cm³/mol. The van der Waals surface area contributed by atoms with Gasteiger partial charge in [0, 0.05) is 11.6 Å². The maximum Gasteiger partial charge on any atom is 0.339 e. The number of nitrogens with zero attached hydrogens (tertiary/aromatic N) is 6. The van der Waals surface area contributed by atoms with E-state index < -0.39 is 11.7 Å². The number of rotatable bonds is 3. The molecule has 0 aliphatic carbocycles. The molecule has 0 amide bonds. The molecule has 0 bridgehead atoms. The number of aromatic nitrogens is 5. The van der Waals surface area contributed by atoms with Crippen LogP contribution in [0.3, 0.4) is 0 Å². The van der Waals surface area contributed by atoms with Gasteiger partial charge in [-0.1, -0.05) is 13.8 Å². The Labute approximate surface area is 118 Å². The first kappa shape index (κ1) is 14.5. The van der Waals surface area contributed by atoms with Crippen LogP contribution in [0.2, 0.25) is 0 Å². The fourth-order valence-corrected chi connectivity index (χ4v) is 1.91. The van der Waals surface area contributed by atoms with E-state index in [0.717, 1.165) is 0 Å². The average molecular weight is 291 g/mol. The number of aliphatic hydroxyl groups excluding tert-OH is 1. The molecule has 3 heterocycles. The lowest BCUT2D eigenvalue weighted by molar-refractivity contribution is -0.382. The molecule has 0 radical (unpaired) electrons. The van der Waals surface area contributed by atoms with Gasteiger partial charge in [0.1, 0.15) is 12.4 Å². The van der Waals surface area contributed by atoms with E-state index in [-0.39, 0.29) is 17.0 Å². The SMILES string of the molecule is CC.O=[N+]([O-])c1c(NCO)c2cccnc2n2nnnc12. The molecule has 110 valence electrons. The molecule has 0 unspecified atom stereocenters. The molecule has 3 rings (SSSR count). The number of pyridine rings is 2. The van der Waals surface area contributed by atoms with Crippen molar-refractivity contribution in [2.75, 3.05) is 12.0 Å². The summed E-state index contributed by atoms with van der Waals surface area (Å²) in [4.78, 5) is 14.7. The van der Waals surface area contributed by atoms with Crippen LogP contribution in [0.4, 0.5) is 11.4 Å². The third-order valence-electron chi connectivity index (χ3n) is 2.61. The van der Waals surface area contributed by atoms with E-state index in [9.17, 15) is 10.1 Å². The Morgan fingerprint density at radius 3 is 2.86 bits per heavy atom. The van der Waals surface area contributed by atoms with Crippen LogP contribution in [-0.2, 0) is 0 Å². The summed E-state index contributed by atoms with van der Waals surface area (Å²) < 4.78 is 1.19. The van der Waals surface area contributed by atoms with Crippen molar-refractivity contribution >= 4 is 28.1 Å². The van der Waals surface area contributed by atoms with Gasteiger partial charge in [0.15, 0.2) is 5.65 Å². The maximum absolute atomic E-state index is 11.2. The lowest BCUT2D eigenvalue weighted by atomic mass is 10.2. The summed E-state index contributed by atoms with van der Waals surface area (Å²) in [6.45, 7) is 3.54. The second-order valence-corrected chi connectivity index (χ2v) is 3.60. The number of anilines is 1. The normalized spacial score (nSPS) is 10.2. The van der Waals surface area contributed by atoms with E-state index in [2.05, 4.69) is 25.8 Å². The van der Waals surface area contributed by atoms with E-state index in [4.69, 9.17) is 5.11 Å². The molecule has 10 nitrogen and oxygen atoms in total. The zero-order valence-corrected chi connectivity index (χ0v) is 11.4. The Morgan fingerprint density at radius 1 is 1.43 bits per heavy atom. The minimum atomic E-state index is -0.601. The van der Waals surface area contributed by atoms with E-state index in [0.29, 0.717) is 11.0 Å². The highest BCUT2D eigenvalue weighted by Crippen LogP contribution is 2.34. The van der Waals surface area contributed by atoms with E-state index in [1.54, 1.807) is 12.1 Å². The molecule has 10 heteroatoms. The van der Waals surface area contributed by atoms with Gasteiger partial charge in [-0.15, -0.1) is 5.10 Å². The quantitative estimate of drug-likeness (QED) is 0.414. The number of hydrogen-bond donors (Lipinski definition) is 2.